The Kier molecular flexibility index (Phi) is 7.63. The molecule has 0 unspecified atom stereocenters. The van der Waals surface area contributed by atoms with Gasteiger partial charge in [-0.15, -0.1) is 10.2 Å². The van der Waals surface area contributed by atoms with E-state index in [4.69, 9.17) is 17.3 Å². The Morgan fingerprint density at radius 2 is 1.74 bits per heavy atom. The van der Waals surface area contributed by atoms with Crippen LogP contribution >= 0.6 is 11.6 Å². The highest BCUT2D eigenvalue weighted by Crippen LogP contribution is 2.24. The molecule has 0 bridgehead atoms. The van der Waals surface area contributed by atoms with Gasteiger partial charge in [0.15, 0.2) is 17.8 Å². The van der Waals surface area contributed by atoms with Crippen molar-refractivity contribution in [1.29, 1.82) is 0 Å². The lowest BCUT2D eigenvalue weighted by Crippen LogP contribution is -2.40. The number of alkyl halides is 3. The van der Waals surface area contributed by atoms with E-state index < -0.39 is 30.1 Å². The molecule has 2 aromatic heterocycles. The molecule has 38 heavy (non-hydrogen) atoms. The second kappa shape index (κ2) is 10.6. The van der Waals surface area contributed by atoms with Crippen LogP contribution in [0.3, 0.4) is 0 Å². The minimum Gasteiger partial charge on any atom is -0.382 e. The molecule has 0 spiro atoms. The van der Waals surface area contributed by atoms with Crippen LogP contribution in [-0.2, 0) is 13.1 Å². The van der Waals surface area contributed by atoms with Gasteiger partial charge in [-0.05, 0) is 50.2 Å². The molecule has 0 saturated heterocycles. The van der Waals surface area contributed by atoms with Gasteiger partial charge in [-0.2, -0.15) is 22.8 Å². The quantitative estimate of drug-likeness (QED) is 0.292. The molecule has 4 aromatic rings. The normalized spacial score (nSPS) is 13.1. The van der Waals surface area contributed by atoms with Gasteiger partial charge in [-0.3, -0.25) is 4.57 Å². The summed E-state index contributed by atoms with van der Waals surface area (Å²) in [5, 5.41) is 22.0. The average Bonchev–Trinajstić information content (AvgIpc) is 3.39. The van der Waals surface area contributed by atoms with Crippen molar-refractivity contribution < 1.29 is 18.3 Å². The highest BCUT2D eigenvalue weighted by molar-refractivity contribution is 6.30. The number of aliphatic hydroxyl groups excluding tert-OH is 1. The summed E-state index contributed by atoms with van der Waals surface area (Å²) in [5.41, 5.74) is 5.70. The third-order valence-corrected chi connectivity index (χ3v) is 5.66. The van der Waals surface area contributed by atoms with E-state index in [2.05, 4.69) is 20.5 Å². The van der Waals surface area contributed by atoms with Crippen molar-refractivity contribution in [3.05, 3.63) is 75.9 Å². The number of para-hydroxylation sites is 1. The van der Waals surface area contributed by atoms with Crippen molar-refractivity contribution in [3.63, 3.8) is 0 Å². The van der Waals surface area contributed by atoms with Gasteiger partial charge >= 0.3 is 11.9 Å². The van der Waals surface area contributed by atoms with Gasteiger partial charge in [0.05, 0.1) is 12.2 Å². The van der Waals surface area contributed by atoms with Crippen LogP contribution < -0.4 is 16.7 Å². The SMILES string of the molecule is CC(C)(N)CNc1nc(Cn2nc(-c3ccc(Cl)cc3)n(C[C@H](O)C(F)(F)F)c2=O)nn1-c1ccccc1. The lowest BCUT2D eigenvalue weighted by atomic mass is 10.1. The highest BCUT2D eigenvalue weighted by Gasteiger charge is 2.39. The first kappa shape index (κ1) is 27.4. The summed E-state index contributed by atoms with van der Waals surface area (Å²) < 4.78 is 42.6. The summed E-state index contributed by atoms with van der Waals surface area (Å²) in [4.78, 5) is 17.7. The van der Waals surface area contributed by atoms with E-state index in [1.54, 1.807) is 0 Å². The van der Waals surface area contributed by atoms with Crippen molar-refractivity contribution >= 4 is 17.5 Å². The van der Waals surface area contributed by atoms with Crippen LogP contribution in [0.2, 0.25) is 5.02 Å². The molecular formula is C24H26ClF3N8O2. The van der Waals surface area contributed by atoms with Crippen molar-refractivity contribution in [3.8, 4) is 17.1 Å². The number of anilines is 1. The van der Waals surface area contributed by atoms with Gasteiger partial charge in [0, 0.05) is 22.7 Å². The predicted octanol–water partition coefficient (Wildman–Crippen LogP) is 3.07. The highest BCUT2D eigenvalue weighted by atomic mass is 35.5. The second-order valence-corrected chi connectivity index (χ2v) is 9.82. The van der Waals surface area contributed by atoms with Gasteiger partial charge in [-0.1, -0.05) is 29.8 Å². The monoisotopic (exact) mass is 550 g/mol. The Balaban J connectivity index is 1.74. The number of nitrogens with two attached hydrogens (primary N) is 1. The van der Waals surface area contributed by atoms with Crippen molar-refractivity contribution in [2.24, 2.45) is 5.73 Å². The Bertz CT molecular complexity index is 1440. The van der Waals surface area contributed by atoms with E-state index in [9.17, 15) is 23.1 Å². The summed E-state index contributed by atoms with van der Waals surface area (Å²) in [6.07, 6.45) is -7.69. The largest absolute Gasteiger partial charge is 0.416 e. The zero-order valence-electron chi connectivity index (χ0n) is 20.5. The molecule has 0 amide bonds. The fraction of sp³-hybridized carbons (Fsp3) is 0.333. The standard InChI is InChI=1S/C24H26ClF3N8O2/c1-23(2,29)14-30-21-31-19(32-36(21)17-6-4-3-5-7-17)13-35-22(38)34(12-18(37)24(26,27)28)20(33-35)15-8-10-16(25)11-9-15/h3-11,18,37H,12-14,29H2,1-2H3,(H,30,31,32)/t18-/m0/s1. The maximum absolute atomic E-state index is 13.2. The summed E-state index contributed by atoms with van der Waals surface area (Å²) >= 11 is 5.93. The van der Waals surface area contributed by atoms with Gasteiger partial charge in [0.1, 0.15) is 6.54 Å². The summed E-state index contributed by atoms with van der Waals surface area (Å²) in [6, 6.07) is 15.2. The average molecular weight is 551 g/mol. The zero-order chi connectivity index (χ0) is 27.7. The Morgan fingerprint density at radius 1 is 1.08 bits per heavy atom. The Morgan fingerprint density at radius 3 is 2.34 bits per heavy atom. The smallest absolute Gasteiger partial charge is 0.382 e. The minimum absolute atomic E-state index is 0.0688. The maximum atomic E-state index is 13.2. The maximum Gasteiger partial charge on any atom is 0.416 e. The lowest BCUT2D eigenvalue weighted by molar-refractivity contribution is -0.207. The van der Waals surface area contributed by atoms with E-state index in [1.807, 2.05) is 44.2 Å². The number of hydrogen-bond acceptors (Lipinski definition) is 7. The number of rotatable bonds is 9. The number of benzene rings is 2. The van der Waals surface area contributed by atoms with Crippen molar-refractivity contribution in [2.75, 3.05) is 11.9 Å². The van der Waals surface area contributed by atoms with Crippen LogP contribution in [-0.4, -0.2) is 58.6 Å². The second-order valence-electron chi connectivity index (χ2n) is 9.38. The first-order chi connectivity index (χ1) is 17.8. The molecule has 0 saturated carbocycles. The molecule has 4 N–H and O–H groups in total. The van der Waals surface area contributed by atoms with Crippen LogP contribution in [0.1, 0.15) is 19.7 Å². The van der Waals surface area contributed by atoms with Gasteiger partial charge < -0.3 is 16.2 Å². The topological polar surface area (TPSA) is 129 Å². The van der Waals surface area contributed by atoms with Crippen molar-refractivity contribution in [2.45, 2.75) is 44.8 Å². The van der Waals surface area contributed by atoms with Crippen LogP contribution in [0.15, 0.2) is 59.4 Å². The number of halogens is 4. The van der Waals surface area contributed by atoms with Gasteiger partial charge in [0.2, 0.25) is 5.95 Å². The van der Waals surface area contributed by atoms with Crippen LogP contribution in [0.25, 0.3) is 17.1 Å². The van der Waals surface area contributed by atoms with E-state index in [-0.39, 0.29) is 18.2 Å². The first-order valence-electron chi connectivity index (χ1n) is 11.5. The number of hydrogen-bond donors (Lipinski definition) is 3. The van der Waals surface area contributed by atoms with E-state index >= 15 is 0 Å². The number of nitrogens with zero attached hydrogens (tertiary/aromatic N) is 6. The van der Waals surface area contributed by atoms with Gasteiger partial charge in [0.25, 0.3) is 0 Å². The molecule has 2 aromatic carbocycles. The third kappa shape index (κ3) is 6.41. The Labute approximate surface area is 220 Å². The Hall–Kier alpha value is -3.68. The summed E-state index contributed by atoms with van der Waals surface area (Å²) in [7, 11) is 0. The summed E-state index contributed by atoms with van der Waals surface area (Å²) in [5.74, 6) is 0.472. The van der Waals surface area contributed by atoms with Gasteiger partial charge in [-0.25, -0.2) is 9.48 Å². The lowest BCUT2D eigenvalue weighted by Gasteiger charge is -2.19. The molecule has 0 aliphatic rings. The number of aliphatic hydroxyl groups is 1. The molecular weight excluding hydrogens is 525 g/mol. The molecule has 0 fully saturated rings. The number of aromatic nitrogens is 6. The van der Waals surface area contributed by atoms with Crippen LogP contribution in [0.5, 0.6) is 0 Å². The molecule has 10 nitrogen and oxygen atoms in total. The number of nitrogens with one attached hydrogen (secondary N) is 1. The molecule has 0 radical (unpaired) electrons. The fourth-order valence-electron chi connectivity index (χ4n) is 3.52. The molecule has 0 aliphatic carbocycles. The minimum atomic E-state index is -4.92. The third-order valence-electron chi connectivity index (χ3n) is 5.40. The molecule has 1 atom stereocenters. The van der Waals surface area contributed by atoms with Crippen LogP contribution in [0, 0.1) is 0 Å². The van der Waals surface area contributed by atoms with Crippen molar-refractivity contribution in [1.82, 2.24) is 29.1 Å². The molecule has 4 rings (SSSR count). The fourth-order valence-corrected chi connectivity index (χ4v) is 3.65. The summed E-state index contributed by atoms with van der Waals surface area (Å²) in [6.45, 7) is 2.76. The van der Waals surface area contributed by atoms with Crippen LogP contribution in [0.4, 0.5) is 19.1 Å². The molecule has 202 valence electrons. The van der Waals surface area contributed by atoms with E-state index in [1.165, 1.54) is 28.9 Å². The molecule has 0 aliphatic heterocycles. The molecule has 2 heterocycles. The van der Waals surface area contributed by atoms with E-state index in [0.29, 0.717) is 28.8 Å². The van der Waals surface area contributed by atoms with E-state index in [0.717, 1.165) is 9.25 Å². The zero-order valence-corrected chi connectivity index (χ0v) is 21.3. The first-order valence-corrected chi connectivity index (χ1v) is 11.9. The predicted molar refractivity (Wildman–Crippen MR) is 136 cm³/mol. The molecule has 14 heteroatoms.